The fraction of sp³-hybridized carbons (Fsp3) is 0.462. The maximum atomic E-state index is 5.70. The Morgan fingerprint density at radius 3 is 2.44 bits per heavy atom. The molecule has 1 aromatic rings. The molecule has 0 aliphatic rings. The third-order valence-electron chi connectivity index (χ3n) is 1.82. The van der Waals surface area contributed by atoms with E-state index in [2.05, 4.69) is 5.10 Å². The number of aryl methyl sites for hydroxylation is 1. The van der Waals surface area contributed by atoms with Crippen LogP contribution in [0.4, 0.5) is 0 Å². The highest BCUT2D eigenvalue weighted by atomic mass is 16.5. The highest BCUT2D eigenvalue weighted by molar-refractivity contribution is 5.55. The lowest BCUT2D eigenvalue weighted by atomic mass is 10.4. The van der Waals surface area contributed by atoms with Crippen LogP contribution in [0.25, 0.3) is 5.70 Å². The Morgan fingerprint density at radius 1 is 1.44 bits per heavy atom. The van der Waals surface area contributed by atoms with E-state index in [4.69, 9.17) is 16.2 Å². The molecular weight excluding hydrogens is 228 g/mol. The van der Waals surface area contributed by atoms with Gasteiger partial charge in [0.1, 0.15) is 0 Å². The van der Waals surface area contributed by atoms with Gasteiger partial charge >= 0.3 is 0 Å². The molecule has 102 valence electrons. The van der Waals surface area contributed by atoms with Crippen LogP contribution in [0.2, 0.25) is 0 Å². The molecule has 5 nitrogen and oxygen atoms in total. The van der Waals surface area contributed by atoms with Gasteiger partial charge < -0.3 is 16.2 Å². The average Bonchev–Trinajstić information content (AvgIpc) is 2.74. The van der Waals surface area contributed by atoms with Crippen molar-refractivity contribution in [3.05, 3.63) is 36.1 Å². The molecule has 18 heavy (non-hydrogen) atoms. The minimum absolute atomic E-state index is 0.0367. The molecule has 0 aliphatic heterocycles. The second-order valence-corrected chi connectivity index (χ2v) is 3.71. The summed E-state index contributed by atoms with van der Waals surface area (Å²) in [5, 5.41) is 4.23. The second-order valence-electron chi connectivity index (χ2n) is 3.71. The number of nitrogens with zero attached hydrogens (tertiary/aromatic N) is 2. The molecule has 0 spiro atoms. The van der Waals surface area contributed by atoms with Crippen LogP contribution < -0.4 is 11.5 Å². The first-order valence-corrected chi connectivity index (χ1v) is 6.11. The van der Waals surface area contributed by atoms with Gasteiger partial charge in [0.05, 0.1) is 17.5 Å². The molecule has 0 saturated heterocycles. The van der Waals surface area contributed by atoms with Crippen LogP contribution >= 0.6 is 0 Å². The summed E-state index contributed by atoms with van der Waals surface area (Å²) in [6.45, 7) is 9.72. The van der Waals surface area contributed by atoms with Crippen LogP contribution in [0.3, 0.4) is 0 Å². The number of aromatic nitrogens is 2. The first-order chi connectivity index (χ1) is 8.52. The lowest BCUT2D eigenvalue weighted by molar-refractivity contribution is 0.145. The summed E-state index contributed by atoms with van der Waals surface area (Å²) >= 11 is 0. The maximum absolute atomic E-state index is 5.70. The smallest absolute Gasteiger partial charge is 0.186 e. The van der Waals surface area contributed by atoms with Gasteiger partial charge in [-0.15, -0.1) is 0 Å². The molecule has 0 amide bonds. The predicted molar refractivity (Wildman–Crippen MR) is 75.3 cm³/mol. The van der Waals surface area contributed by atoms with Gasteiger partial charge in [-0.3, -0.25) is 0 Å². The van der Waals surface area contributed by atoms with Gasteiger partial charge in [0.25, 0.3) is 0 Å². The van der Waals surface area contributed by atoms with E-state index in [1.165, 1.54) is 6.20 Å². The Bertz CT molecular complexity index is 405. The van der Waals surface area contributed by atoms with Crippen LogP contribution in [0.15, 0.2) is 30.4 Å². The van der Waals surface area contributed by atoms with E-state index in [1.807, 2.05) is 46.9 Å². The molecule has 1 heterocycles. The molecule has 0 radical (unpaired) electrons. The topological polar surface area (TPSA) is 79.1 Å². The Morgan fingerprint density at radius 2 is 2.06 bits per heavy atom. The zero-order chi connectivity index (χ0) is 14.1. The number of nitrogens with two attached hydrogens (primary N) is 2. The molecule has 0 bridgehead atoms. The third-order valence-corrected chi connectivity index (χ3v) is 1.82. The number of hydrogen-bond donors (Lipinski definition) is 2. The third kappa shape index (κ3) is 5.43. The lowest BCUT2D eigenvalue weighted by Crippen LogP contribution is -2.11. The van der Waals surface area contributed by atoms with E-state index in [-0.39, 0.29) is 6.10 Å². The van der Waals surface area contributed by atoms with Crippen molar-refractivity contribution in [1.82, 2.24) is 9.78 Å². The van der Waals surface area contributed by atoms with Crippen molar-refractivity contribution in [3.63, 3.8) is 0 Å². The summed E-state index contributed by atoms with van der Waals surface area (Å²) in [6, 6.07) is 1.89. The zero-order valence-electron chi connectivity index (χ0n) is 11.8. The first-order valence-electron chi connectivity index (χ1n) is 6.11. The van der Waals surface area contributed by atoms with Crippen LogP contribution in [-0.4, -0.2) is 15.9 Å². The molecule has 0 fully saturated rings. The Hall–Kier alpha value is -1.91. The molecule has 5 heteroatoms. The molecular formula is C13H24N4O. The number of rotatable bonds is 4. The van der Waals surface area contributed by atoms with Crippen LogP contribution in [-0.2, 0) is 4.74 Å². The minimum Gasteiger partial charge on any atom is -0.477 e. The molecule has 0 saturated carbocycles. The van der Waals surface area contributed by atoms with Gasteiger partial charge in [0, 0.05) is 18.5 Å². The summed E-state index contributed by atoms with van der Waals surface area (Å²) in [5.41, 5.74) is 12.8. The van der Waals surface area contributed by atoms with Crippen molar-refractivity contribution in [1.29, 1.82) is 0 Å². The van der Waals surface area contributed by atoms with E-state index in [0.29, 0.717) is 11.6 Å². The number of allylic oxidation sites excluding steroid dienone is 2. The van der Waals surface area contributed by atoms with Gasteiger partial charge in [0.2, 0.25) is 0 Å². The van der Waals surface area contributed by atoms with E-state index in [9.17, 15) is 0 Å². The SMILES string of the molecule is CC.Cc1ccn(C(/C=C(\N)OC(C)C)=C/N)n1. The average molecular weight is 252 g/mol. The van der Waals surface area contributed by atoms with E-state index in [1.54, 1.807) is 10.8 Å². The monoisotopic (exact) mass is 252 g/mol. The molecule has 1 rings (SSSR count). The Labute approximate surface area is 109 Å². The zero-order valence-corrected chi connectivity index (χ0v) is 11.8. The van der Waals surface area contributed by atoms with E-state index >= 15 is 0 Å². The predicted octanol–water partition coefficient (Wildman–Crippen LogP) is 2.20. The molecule has 0 aliphatic carbocycles. The van der Waals surface area contributed by atoms with Crippen molar-refractivity contribution in [3.8, 4) is 0 Å². The Balaban J connectivity index is 0.00000137. The van der Waals surface area contributed by atoms with Crippen molar-refractivity contribution in [2.75, 3.05) is 0 Å². The van der Waals surface area contributed by atoms with Gasteiger partial charge in [-0.1, -0.05) is 13.8 Å². The van der Waals surface area contributed by atoms with Crippen molar-refractivity contribution < 1.29 is 4.74 Å². The van der Waals surface area contributed by atoms with Crippen molar-refractivity contribution in [2.24, 2.45) is 11.5 Å². The fourth-order valence-corrected chi connectivity index (χ4v) is 1.20. The molecule has 0 unspecified atom stereocenters. The lowest BCUT2D eigenvalue weighted by Gasteiger charge is -2.10. The van der Waals surface area contributed by atoms with Gasteiger partial charge in [0.15, 0.2) is 5.88 Å². The molecule has 1 aromatic heterocycles. The quantitative estimate of drug-likeness (QED) is 0.636. The van der Waals surface area contributed by atoms with E-state index < -0.39 is 0 Å². The molecule has 4 N–H and O–H groups in total. The molecule has 0 atom stereocenters. The number of ether oxygens (including phenoxy) is 1. The summed E-state index contributed by atoms with van der Waals surface area (Å²) in [5.74, 6) is 0.319. The molecule has 0 aromatic carbocycles. The standard InChI is InChI=1S/C11H18N4O.C2H6/c1-8(2)16-11(13)6-10(7-12)15-5-4-9(3)14-15;1-2/h4-8H,12-13H2,1-3H3;1-2H3/b10-7+,11-6+;. The number of hydrogen-bond acceptors (Lipinski definition) is 4. The minimum atomic E-state index is 0.0367. The van der Waals surface area contributed by atoms with Gasteiger partial charge in [-0.2, -0.15) is 5.10 Å². The highest BCUT2D eigenvalue weighted by Crippen LogP contribution is 2.08. The Kier molecular flexibility index (Phi) is 7.35. The maximum Gasteiger partial charge on any atom is 0.186 e. The summed E-state index contributed by atoms with van der Waals surface area (Å²) in [7, 11) is 0. The highest BCUT2D eigenvalue weighted by Gasteiger charge is 2.02. The van der Waals surface area contributed by atoms with Crippen LogP contribution in [0.5, 0.6) is 0 Å². The normalized spacial score (nSPS) is 12.1. The summed E-state index contributed by atoms with van der Waals surface area (Å²) in [6.07, 6.45) is 4.93. The summed E-state index contributed by atoms with van der Waals surface area (Å²) in [4.78, 5) is 0. The second kappa shape index (κ2) is 8.22. The van der Waals surface area contributed by atoms with Crippen LogP contribution in [0, 0.1) is 6.92 Å². The largest absolute Gasteiger partial charge is 0.477 e. The van der Waals surface area contributed by atoms with Gasteiger partial charge in [-0.05, 0) is 26.8 Å². The van der Waals surface area contributed by atoms with Gasteiger partial charge in [-0.25, -0.2) is 4.68 Å². The summed E-state index contributed by atoms with van der Waals surface area (Å²) < 4.78 is 6.96. The first kappa shape index (κ1) is 16.1. The van der Waals surface area contributed by atoms with Crippen molar-refractivity contribution >= 4 is 5.70 Å². The fourth-order valence-electron chi connectivity index (χ4n) is 1.20. The van der Waals surface area contributed by atoms with E-state index in [0.717, 1.165) is 5.69 Å². The van der Waals surface area contributed by atoms with Crippen molar-refractivity contribution in [2.45, 2.75) is 40.7 Å². The van der Waals surface area contributed by atoms with Crippen LogP contribution in [0.1, 0.15) is 33.4 Å².